The summed E-state index contributed by atoms with van der Waals surface area (Å²) < 4.78 is 114. The molecule has 8 rings (SSSR count). The zero-order valence-electron chi connectivity index (χ0n) is 47.0. The fourth-order valence-electron chi connectivity index (χ4n) is 6.69. The van der Waals surface area contributed by atoms with Crippen molar-refractivity contribution in [1.29, 1.82) is 0 Å². The quantitative estimate of drug-likeness (QED) is 0.107. The van der Waals surface area contributed by atoms with E-state index in [0.717, 1.165) is 44.8 Å². The van der Waals surface area contributed by atoms with E-state index in [1.165, 1.54) is 12.3 Å². The predicted molar refractivity (Wildman–Crippen MR) is 247 cm³/mol. The molecule has 4 heterocycles. The van der Waals surface area contributed by atoms with Gasteiger partial charge < -0.3 is 14.4 Å². The first-order valence-electron chi connectivity index (χ1n) is 25.8. The zero-order chi connectivity index (χ0) is 52.2. The van der Waals surface area contributed by atoms with E-state index in [2.05, 4.69) is 59.9 Å². The van der Waals surface area contributed by atoms with Crippen molar-refractivity contribution in [2.24, 2.45) is 5.41 Å². The van der Waals surface area contributed by atoms with E-state index in [4.69, 9.17) is 27.2 Å². The number of hydrogen-bond acceptors (Lipinski definition) is 4. The molecule has 0 spiro atoms. The molecule has 4 nitrogen and oxygen atoms in total. The maximum atomic E-state index is 8.90. The zero-order valence-corrected chi connectivity index (χ0v) is 37.4. The molecule has 0 bridgehead atoms. The molecule has 6 heteroatoms. The Morgan fingerprint density at radius 1 is 0.729 bits per heavy atom. The van der Waals surface area contributed by atoms with Crippen molar-refractivity contribution in [3.63, 3.8) is 0 Å². The molecule has 0 amide bonds. The monoisotopic (exact) mass is 983 g/mol. The molecule has 0 saturated heterocycles. The van der Waals surface area contributed by atoms with Crippen LogP contribution in [0.25, 0.3) is 67.0 Å². The van der Waals surface area contributed by atoms with Crippen molar-refractivity contribution in [1.82, 2.24) is 15.0 Å². The van der Waals surface area contributed by atoms with Gasteiger partial charge in [0.25, 0.3) is 0 Å². The van der Waals surface area contributed by atoms with Gasteiger partial charge >= 0.3 is 0 Å². The largest absolute Gasteiger partial charge is 0.486 e. The van der Waals surface area contributed by atoms with Crippen LogP contribution < -0.4 is 5.19 Å². The van der Waals surface area contributed by atoms with Gasteiger partial charge in [0.05, 0.1) is 19.4 Å². The maximum Gasteiger partial charge on any atom is 0.216 e. The van der Waals surface area contributed by atoms with E-state index < -0.39 is 58.6 Å². The molecule has 0 aliphatic heterocycles. The molecule has 1 radical (unpaired) electrons. The van der Waals surface area contributed by atoms with E-state index in [9.17, 15) is 0 Å². The second-order valence-corrected chi connectivity index (χ2v) is 21.3. The number of fused-ring (bicyclic) bond motifs is 3. The predicted octanol–water partition coefficient (Wildman–Crippen LogP) is 13.9. The Balaban J connectivity index is 0.000000248. The molecule has 0 aliphatic carbocycles. The molecule has 0 N–H and O–H groups in total. The van der Waals surface area contributed by atoms with Crippen LogP contribution in [0.3, 0.4) is 0 Å². The van der Waals surface area contributed by atoms with Crippen LogP contribution in [0.5, 0.6) is 0 Å². The standard InChI is InChI=1S/C28H25N2O.C25H30NSi.Ir/c1-4-28(3,5-2)20-16-17-29-25(18-20)23-13-9-12-21-22-14-15-24(19-10-7-6-8-11-19)30-27(22)31-26(21)23;1-25(2,3)17-22-16-23(26-18-24(22)27(4,5)6)21-14-12-20(13-15-21)19-10-8-7-9-11-19;/h6-12,14-18H,4-5H2,1-3H3;7-14,16,18H,17H2,1-6H3;/q2*-1;/i1D3,2D3,3D,4D2,5D2;17D2;. The minimum Gasteiger partial charge on any atom is -0.486 e. The van der Waals surface area contributed by atoms with Crippen molar-refractivity contribution in [2.75, 3.05) is 0 Å². The molecule has 0 fully saturated rings. The fourth-order valence-corrected chi connectivity index (χ4v) is 8.09. The van der Waals surface area contributed by atoms with Crippen LogP contribution in [-0.2, 0) is 31.9 Å². The van der Waals surface area contributed by atoms with Crippen molar-refractivity contribution in [2.45, 2.75) is 85.5 Å². The first-order chi connectivity index (χ1) is 33.0. The van der Waals surface area contributed by atoms with Gasteiger partial charge in [-0.1, -0.05) is 161 Å². The van der Waals surface area contributed by atoms with Crippen LogP contribution >= 0.6 is 0 Å². The van der Waals surface area contributed by atoms with Crippen molar-refractivity contribution in [3.05, 3.63) is 157 Å². The van der Waals surface area contributed by atoms with Gasteiger partial charge in [0, 0.05) is 61.3 Å². The molecule has 0 unspecified atom stereocenters. The molecule has 0 atom stereocenters. The number of furan rings is 1. The molecule has 59 heavy (non-hydrogen) atoms. The van der Waals surface area contributed by atoms with E-state index in [1.807, 2.05) is 106 Å². The second-order valence-electron chi connectivity index (χ2n) is 16.3. The molecule has 4 aromatic heterocycles. The number of hydrogen-bond donors (Lipinski definition) is 0. The smallest absolute Gasteiger partial charge is 0.216 e. The SMILES string of the molecule is [2H]C([2H])(c1cc(-c2[c-]cc(-c3ccccc3)cc2)ncc1[Si](C)(C)C)C(C)(C)C.[2H]CC(c1ccnc(-c2[c-]ccc3c2oc2nc(-c4ccccc4)ccc23)c1)(C([2H])([2H])C([2H])([2H])[2H])C([2H])([2H])C([2H])([2H])[2H].[Ir]. The van der Waals surface area contributed by atoms with Gasteiger partial charge in [-0.3, -0.25) is 0 Å². The van der Waals surface area contributed by atoms with Gasteiger partial charge in [0.2, 0.25) is 5.71 Å². The Kier molecular flexibility index (Phi) is 8.97. The van der Waals surface area contributed by atoms with Gasteiger partial charge in [0.15, 0.2) is 0 Å². The third-order valence-electron chi connectivity index (χ3n) is 9.72. The number of aromatic nitrogens is 3. The maximum absolute atomic E-state index is 8.90. The Morgan fingerprint density at radius 3 is 2.10 bits per heavy atom. The minimum absolute atomic E-state index is 0. The summed E-state index contributed by atoms with van der Waals surface area (Å²) in [4.78, 5) is 13.7. The van der Waals surface area contributed by atoms with Crippen molar-refractivity contribution in [3.8, 4) is 44.9 Å². The minimum atomic E-state index is -3.47. The molecule has 0 saturated carbocycles. The summed E-state index contributed by atoms with van der Waals surface area (Å²) in [5, 5.41) is 2.46. The van der Waals surface area contributed by atoms with Gasteiger partial charge in [0.1, 0.15) is 0 Å². The van der Waals surface area contributed by atoms with Gasteiger partial charge in [-0.15, -0.1) is 48.0 Å². The molecular weight excluding hydrogens is 915 g/mol. The average Bonchev–Trinajstić information content (AvgIpc) is 3.69. The first-order valence-corrected chi connectivity index (χ1v) is 22.6. The van der Waals surface area contributed by atoms with Gasteiger partial charge in [-0.25, -0.2) is 4.98 Å². The summed E-state index contributed by atoms with van der Waals surface area (Å²) in [6.45, 7) is 4.46. The van der Waals surface area contributed by atoms with Crippen LogP contribution in [0.1, 0.15) is 83.1 Å². The number of rotatable bonds is 9. The van der Waals surface area contributed by atoms with Crippen LogP contribution in [-0.4, -0.2) is 23.0 Å². The van der Waals surface area contributed by atoms with Crippen LogP contribution in [0, 0.1) is 17.5 Å². The normalized spacial score (nSPS) is 16.3. The molecule has 0 aliphatic rings. The third-order valence-corrected chi connectivity index (χ3v) is 11.7. The molecule has 303 valence electrons. The third kappa shape index (κ3) is 9.90. The Hall–Kier alpha value is -5.00. The second kappa shape index (κ2) is 18.1. The van der Waals surface area contributed by atoms with Crippen molar-refractivity contribution < 1.29 is 42.3 Å². The summed E-state index contributed by atoms with van der Waals surface area (Å²) in [7, 11) is -1.76. The summed E-state index contributed by atoms with van der Waals surface area (Å²) in [5.41, 5.74) is 3.52. The molecular formula is C53H55IrN3OSi-2. The van der Waals surface area contributed by atoms with Crippen LogP contribution in [0.4, 0.5) is 0 Å². The summed E-state index contributed by atoms with van der Waals surface area (Å²) in [5.74, 6) is 0. The van der Waals surface area contributed by atoms with E-state index in [0.29, 0.717) is 27.8 Å². The topological polar surface area (TPSA) is 51.8 Å². The van der Waals surface area contributed by atoms with Crippen molar-refractivity contribution >= 4 is 35.3 Å². The van der Waals surface area contributed by atoms with Crippen LogP contribution in [0.15, 0.2) is 138 Å². The van der Waals surface area contributed by atoms with E-state index in [-0.39, 0.29) is 36.9 Å². The fraction of sp³-hybridized carbons (Fsp3) is 0.264. The summed E-state index contributed by atoms with van der Waals surface area (Å²) in [6.07, 6.45) is -5.29. The number of benzene rings is 4. The van der Waals surface area contributed by atoms with E-state index in [1.54, 1.807) is 12.1 Å². The average molecular weight is 983 g/mol. The Morgan fingerprint density at radius 2 is 1.46 bits per heavy atom. The van der Waals surface area contributed by atoms with Gasteiger partial charge in [-0.05, 0) is 70.3 Å². The number of pyridine rings is 3. The first kappa shape index (κ1) is 29.3. The molecule has 4 aromatic carbocycles. The Labute approximate surface area is 384 Å². The summed E-state index contributed by atoms with van der Waals surface area (Å²) >= 11 is 0. The van der Waals surface area contributed by atoms with Gasteiger partial charge in [-0.2, -0.15) is 0 Å². The van der Waals surface area contributed by atoms with E-state index >= 15 is 0 Å². The molecule has 8 aromatic rings. The number of nitrogens with zero attached hydrogens (tertiary/aromatic N) is 3. The van der Waals surface area contributed by atoms with Crippen LogP contribution in [0.2, 0.25) is 19.6 Å². The summed E-state index contributed by atoms with van der Waals surface area (Å²) in [6, 6.07) is 43.6. The Bertz CT molecular complexity index is 3140.